The first-order valence-corrected chi connectivity index (χ1v) is 12.3. The van der Waals surface area contributed by atoms with Gasteiger partial charge in [-0.1, -0.05) is 30.3 Å². The zero-order valence-electron chi connectivity index (χ0n) is 18.0. The minimum atomic E-state index is -3.75. The van der Waals surface area contributed by atoms with Crippen LogP contribution in [0.2, 0.25) is 0 Å². The second-order valence-corrected chi connectivity index (χ2v) is 10.0. The summed E-state index contributed by atoms with van der Waals surface area (Å²) >= 11 is 0. The van der Waals surface area contributed by atoms with Crippen molar-refractivity contribution in [3.05, 3.63) is 54.1 Å². The molecule has 33 heavy (non-hydrogen) atoms. The number of fused-ring (bicyclic) bond motifs is 1. The van der Waals surface area contributed by atoms with E-state index < -0.39 is 28.0 Å². The van der Waals surface area contributed by atoms with Crippen molar-refractivity contribution in [1.29, 1.82) is 0 Å². The first-order chi connectivity index (χ1) is 15.8. The smallest absolute Gasteiger partial charge is 0.326 e. The quantitative estimate of drug-likeness (QED) is 0.626. The van der Waals surface area contributed by atoms with Crippen molar-refractivity contribution < 1.29 is 32.6 Å². The van der Waals surface area contributed by atoms with Gasteiger partial charge in [0.1, 0.15) is 19.3 Å². The van der Waals surface area contributed by atoms with Crippen LogP contribution in [0, 0.1) is 5.92 Å². The van der Waals surface area contributed by atoms with Gasteiger partial charge in [-0.15, -0.1) is 0 Å². The average Bonchev–Trinajstić information content (AvgIpc) is 2.84. The Balaban J connectivity index is 1.36. The summed E-state index contributed by atoms with van der Waals surface area (Å²) in [7, 11) is -3.75. The van der Waals surface area contributed by atoms with Gasteiger partial charge in [-0.3, -0.25) is 4.79 Å². The van der Waals surface area contributed by atoms with E-state index >= 15 is 0 Å². The normalized spacial score (nSPS) is 17.8. The third kappa shape index (κ3) is 5.28. The molecule has 0 aromatic heterocycles. The Morgan fingerprint density at radius 1 is 1.03 bits per heavy atom. The fraction of sp³-hybridized carbons (Fsp3) is 0.391. The standard InChI is InChI=1S/C23H26N2O7S/c26-22(24-19(23(27)28)14-16-4-2-1-3-5-16)17-8-10-25(11-9-17)33(29,30)18-6-7-20-21(15-18)32-13-12-31-20/h1-7,15,17,19H,8-14H2,(H,24,26)(H,27,28)/t19-/m1/s1. The van der Waals surface area contributed by atoms with Gasteiger partial charge in [0.15, 0.2) is 11.5 Å². The van der Waals surface area contributed by atoms with Crippen molar-refractivity contribution >= 4 is 21.9 Å². The summed E-state index contributed by atoms with van der Waals surface area (Å²) in [5.74, 6) is -1.01. The number of nitrogens with zero attached hydrogens (tertiary/aromatic N) is 1. The first-order valence-electron chi connectivity index (χ1n) is 10.8. The molecule has 2 aromatic rings. The van der Waals surface area contributed by atoms with Crippen molar-refractivity contribution in [2.45, 2.75) is 30.2 Å². The Kier molecular flexibility index (Phi) is 6.85. The van der Waals surface area contributed by atoms with E-state index in [1.807, 2.05) is 30.3 Å². The lowest BCUT2D eigenvalue weighted by Gasteiger charge is -2.31. The monoisotopic (exact) mass is 474 g/mol. The molecule has 0 radical (unpaired) electrons. The van der Waals surface area contributed by atoms with Crippen molar-refractivity contribution in [2.75, 3.05) is 26.3 Å². The maximum Gasteiger partial charge on any atom is 0.326 e. The van der Waals surface area contributed by atoms with Crippen LogP contribution in [0.3, 0.4) is 0 Å². The molecule has 2 aliphatic rings. The highest BCUT2D eigenvalue weighted by Crippen LogP contribution is 2.34. The number of sulfonamides is 1. The molecule has 176 valence electrons. The molecule has 0 spiro atoms. The van der Waals surface area contributed by atoms with Crippen molar-refractivity contribution in [2.24, 2.45) is 5.92 Å². The second kappa shape index (κ2) is 9.80. The van der Waals surface area contributed by atoms with E-state index in [4.69, 9.17) is 9.47 Å². The number of carboxylic acids is 1. The number of hydrogen-bond acceptors (Lipinski definition) is 6. The number of amides is 1. The molecular weight excluding hydrogens is 448 g/mol. The predicted molar refractivity (Wildman–Crippen MR) is 119 cm³/mol. The van der Waals surface area contributed by atoms with Gasteiger partial charge < -0.3 is 19.9 Å². The van der Waals surface area contributed by atoms with E-state index in [9.17, 15) is 23.1 Å². The third-order valence-electron chi connectivity index (χ3n) is 5.87. The lowest BCUT2D eigenvalue weighted by atomic mass is 9.96. The molecule has 2 aromatic carbocycles. The third-order valence-corrected chi connectivity index (χ3v) is 7.77. The molecule has 0 aliphatic carbocycles. The van der Waals surface area contributed by atoms with Gasteiger partial charge in [-0.2, -0.15) is 4.31 Å². The fourth-order valence-electron chi connectivity index (χ4n) is 4.03. The largest absolute Gasteiger partial charge is 0.486 e. The maximum absolute atomic E-state index is 13.1. The van der Waals surface area contributed by atoms with E-state index in [0.717, 1.165) is 5.56 Å². The Morgan fingerprint density at radius 3 is 2.36 bits per heavy atom. The van der Waals surface area contributed by atoms with Crippen LogP contribution in [0.5, 0.6) is 11.5 Å². The molecule has 1 amide bonds. The van der Waals surface area contributed by atoms with Crippen LogP contribution in [0.4, 0.5) is 0 Å². The zero-order chi connectivity index (χ0) is 23.4. The summed E-state index contributed by atoms with van der Waals surface area (Å²) in [4.78, 5) is 24.5. The number of carboxylic acid groups (broad SMARTS) is 1. The summed E-state index contributed by atoms with van der Waals surface area (Å²) in [5.41, 5.74) is 0.811. The number of carbonyl (C=O) groups excluding carboxylic acids is 1. The molecule has 0 bridgehead atoms. The van der Waals surface area contributed by atoms with Crippen molar-refractivity contribution in [3.63, 3.8) is 0 Å². The summed E-state index contributed by atoms with van der Waals surface area (Å²) in [5, 5.41) is 12.1. The van der Waals surface area contributed by atoms with Gasteiger partial charge in [0, 0.05) is 31.5 Å². The van der Waals surface area contributed by atoms with E-state index in [2.05, 4.69) is 5.32 Å². The van der Waals surface area contributed by atoms with Gasteiger partial charge in [0.2, 0.25) is 15.9 Å². The number of piperidine rings is 1. The molecular formula is C23H26N2O7S. The van der Waals surface area contributed by atoms with Crippen LogP contribution in [0.1, 0.15) is 18.4 Å². The second-order valence-electron chi connectivity index (χ2n) is 8.07. The Hall–Kier alpha value is -3.11. The highest BCUT2D eigenvalue weighted by atomic mass is 32.2. The molecule has 1 atom stereocenters. The van der Waals surface area contributed by atoms with Gasteiger partial charge >= 0.3 is 5.97 Å². The van der Waals surface area contributed by atoms with Crippen LogP contribution in [-0.2, 0) is 26.0 Å². The van der Waals surface area contributed by atoms with Crippen LogP contribution in [-0.4, -0.2) is 62.1 Å². The number of hydrogen-bond donors (Lipinski definition) is 2. The number of ether oxygens (including phenoxy) is 2. The Bertz CT molecular complexity index is 1110. The summed E-state index contributed by atoms with van der Waals surface area (Å²) in [6.45, 7) is 1.12. The fourth-order valence-corrected chi connectivity index (χ4v) is 5.52. The van der Waals surface area contributed by atoms with Gasteiger partial charge in [-0.05, 0) is 30.5 Å². The number of benzene rings is 2. The molecule has 2 aliphatic heterocycles. The van der Waals surface area contributed by atoms with Crippen LogP contribution < -0.4 is 14.8 Å². The zero-order valence-corrected chi connectivity index (χ0v) is 18.8. The molecule has 1 fully saturated rings. The lowest BCUT2D eigenvalue weighted by molar-refractivity contribution is -0.142. The van der Waals surface area contributed by atoms with Crippen LogP contribution >= 0.6 is 0 Å². The van der Waals surface area contributed by atoms with Gasteiger partial charge in [0.25, 0.3) is 0 Å². The van der Waals surface area contributed by atoms with Gasteiger partial charge in [-0.25, -0.2) is 13.2 Å². The molecule has 2 heterocycles. The van der Waals surface area contributed by atoms with E-state index in [1.54, 1.807) is 6.07 Å². The molecule has 10 heteroatoms. The van der Waals surface area contributed by atoms with E-state index in [1.165, 1.54) is 16.4 Å². The van der Waals surface area contributed by atoms with Crippen molar-refractivity contribution in [3.8, 4) is 11.5 Å². The lowest BCUT2D eigenvalue weighted by Crippen LogP contribution is -2.48. The summed E-state index contributed by atoms with van der Waals surface area (Å²) in [6, 6.07) is 12.6. The summed E-state index contributed by atoms with van der Waals surface area (Å²) < 4.78 is 38.4. The number of nitrogens with one attached hydrogen (secondary N) is 1. The maximum atomic E-state index is 13.1. The Labute approximate surface area is 192 Å². The number of rotatable bonds is 7. The summed E-state index contributed by atoms with van der Waals surface area (Å²) in [6.07, 6.45) is 0.805. The van der Waals surface area contributed by atoms with E-state index in [0.29, 0.717) is 37.6 Å². The molecule has 0 unspecified atom stereocenters. The highest BCUT2D eigenvalue weighted by molar-refractivity contribution is 7.89. The Morgan fingerprint density at radius 2 is 1.70 bits per heavy atom. The number of aliphatic carboxylic acids is 1. The van der Waals surface area contributed by atoms with E-state index in [-0.39, 0.29) is 30.3 Å². The average molecular weight is 475 g/mol. The van der Waals surface area contributed by atoms with Crippen LogP contribution in [0.15, 0.2) is 53.4 Å². The molecule has 2 N–H and O–H groups in total. The topological polar surface area (TPSA) is 122 Å². The molecule has 1 saturated heterocycles. The highest BCUT2D eigenvalue weighted by Gasteiger charge is 2.34. The molecule has 4 rings (SSSR count). The molecule has 9 nitrogen and oxygen atoms in total. The minimum absolute atomic E-state index is 0.114. The van der Waals surface area contributed by atoms with Crippen molar-refractivity contribution in [1.82, 2.24) is 9.62 Å². The first kappa shape index (κ1) is 23.1. The SMILES string of the molecule is O=C(N[C@H](Cc1ccccc1)C(=O)O)C1CCN(S(=O)(=O)c2ccc3c(c2)OCCO3)CC1. The van der Waals surface area contributed by atoms with Crippen LogP contribution in [0.25, 0.3) is 0 Å². The predicted octanol–water partition coefficient (Wildman–Crippen LogP) is 1.67. The number of carbonyl (C=O) groups is 2. The van der Waals surface area contributed by atoms with Gasteiger partial charge in [0.05, 0.1) is 4.90 Å². The minimum Gasteiger partial charge on any atom is -0.486 e. The molecule has 0 saturated carbocycles.